The number of unbranched alkanes of at least 4 members (excludes halogenated alkanes) is 3. The summed E-state index contributed by atoms with van der Waals surface area (Å²) in [5, 5.41) is 5.24. The third-order valence-corrected chi connectivity index (χ3v) is 4.18. The van der Waals surface area contributed by atoms with Gasteiger partial charge in [0.1, 0.15) is 5.54 Å². The van der Waals surface area contributed by atoms with Crippen LogP contribution in [0, 0.1) is 0 Å². The van der Waals surface area contributed by atoms with E-state index in [1.54, 1.807) is 0 Å². The molecule has 0 saturated heterocycles. The molecule has 7 heteroatoms. The van der Waals surface area contributed by atoms with E-state index < -0.39 is 23.4 Å². The van der Waals surface area contributed by atoms with Crippen LogP contribution < -0.4 is 16.4 Å². The minimum absolute atomic E-state index is 0.272. The molecule has 27 heavy (non-hydrogen) atoms. The van der Waals surface area contributed by atoms with Crippen molar-refractivity contribution in [2.45, 2.75) is 57.9 Å². The zero-order valence-corrected chi connectivity index (χ0v) is 16.3. The summed E-state index contributed by atoms with van der Waals surface area (Å²) in [4.78, 5) is 35.9. The number of rotatable bonds is 12. The first-order chi connectivity index (χ1) is 12.9. The van der Waals surface area contributed by atoms with Gasteiger partial charge in [0.15, 0.2) is 0 Å². The fourth-order valence-electron chi connectivity index (χ4n) is 2.64. The largest absolute Gasteiger partial charge is 0.450 e. The summed E-state index contributed by atoms with van der Waals surface area (Å²) < 4.78 is 5.11. The maximum absolute atomic E-state index is 12.6. The van der Waals surface area contributed by atoms with E-state index in [1.165, 1.54) is 6.92 Å². The van der Waals surface area contributed by atoms with Gasteiger partial charge in [0.2, 0.25) is 11.8 Å². The van der Waals surface area contributed by atoms with Crippen molar-refractivity contribution in [3.63, 3.8) is 0 Å². The topological polar surface area (TPSA) is 111 Å². The van der Waals surface area contributed by atoms with Gasteiger partial charge in [0.05, 0.1) is 13.0 Å². The Balaban J connectivity index is 2.53. The van der Waals surface area contributed by atoms with E-state index in [2.05, 4.69) is 17.6 Å². The van der Waals surface area contributed by atoms with E-state index in [4.69, 9.17) is 10.5 Å². The van der Waals surface area contributed by atoms with E-state index in [0.29, 0.717) is 13.0 Å². The second kappa shape index (κ2) is 11.9. The van der Waals surface area contributed by atoms with Crippen LogP contribution in [0.2, 0.25) is 0 Å². The van der Waals surface area contributed by atoms with Gasteiger partial charge in [0.25, 0.3) is 0 Å². The molecule has 0 aliphatic carbocycles. The summed E-state index contributed by atoms with van der Waals surface area (Å²) in [6, 6.07) is 9.69. The molecule has 1 aromatic carbocycles. The van der Waals surface area contributed by atoms with Crippen molar-refractivity contribution in [2.24, 2.45) is 5.73 Å². The number of hydrogen-bond donors (Lipinski definition) is 3. The highest BCUT2D eigenvalue weighted by Crippen LogP contribution is 2.11. The highest BCUT2D eigenvalue weighted by molar-refractivity contribution is 5.94. The van der Waals surface area contributed by atoms with Crippen molar-refractivity contribution in [3.8, 4) is 0 Å². The standard InChI is InChI=1S/C20H31N3O4/c1-3-4-5-9-14-27-19(26)23-20(2,15-17(21)24)18(25)22-13-12-16-10-7-6-8-11-16/h6-8,10-11H,3-5,9,12-15H2,1-2H3,(H2,21,24)(H,22,25)(H,23,26)/t20-/m1/s1. The van der Waals surface area contributed by atoms with Gasteiger partial charge < -0.3 is 21.1 Å². The number of nitrogens with one attached hydrogen (secondary N) is 2. The molecule has 0 saturated carbocycles. The number of carbonyl (C=O) groups excluding carboxylic acids is 3. The molecule has 0 fully saturated rings. The molecule has 0 radical (unpaired) electrons. The molecule has 1 rings (SSSR count). The van der Waals surface area contributed by atoms with E-state index in [-0.39, 0.29) is 13.0 Å². The number of primary amides is 1. The van der Waals surface area contributed by atoms with Gasteiger partial charge in [-0.25, -0.2) is 4.79 Å². The number of amides is 3. The molecule has 1 atom stereocenters. The highest BCUT2D eigenvalue weighted by atomic mass is 16.5. The SMILES string of the molecule is CCCCCCOC(=O)N[C@](C)(CC(N)=O)C(=O)NCCc1ccccc1. The van der Waals surface area contributed by atoms with Gasteiger partial charge in [-0.15, -0.1) is 0 Å². The number of alkyl carbamates (subject to hydrolysis) is 1. The number of ether oxygens (including phenoxy) is 1. The van der Waals surface area contributed by atoms with Gasteiger partial charge in [-0.05, 0) is 25.3 Å². The van der Waals surface area contributed by atoms with E-state index in [9.17, 15) is 14.4 Å². The minimum Gasteiger partial charge on any atom is -0.450 e. The van der Waals surface area contributed by atoms with E-state index in [1.807, 2.05) is 30.3 Å². The molecule has 3 amide bonds. The van der Waals surface area contributed by atoms with Crippen LogP contribution in [-0.4, -0.2) is 36.6 Å². The van der Waals surface area contributed by atoms with Gasteiger partial charge in [-0.1, -0.05) is 56.5 Å². The average Bonchev–Trinajstić information content (AvgIpc) is 2.61. The van der Waals surface area contributed by atoms with Crippen LogP contribution in [-0.2, 0) is 20.7 Å². The zero-order valence-electron chi connectivity index (χ0n) is 16.3. The Labute approximate surface area is 161 Å². The Bertz CT molecular complexity index is 607. The molecular formula is C20H31N3O4. The predicted molar refractivity (Wildman–Crippen MR) is 104 cm³/mol. The smallest absolute Gasteiger partial charge is 0.408 e. The van der Waals surface area contributed by atoms with Crippen LogP contribution in [0.15, 0.2) is 30.3 Å². The van der Waals surface area contributed by atoms with Crippen molar-refractivity contribution in [3.05, 3.63) is 35.9 Å². The first-order valence-electron chi connectivity index (χ1n) is 9.43. The van der Waals surface area contributed by atoms with Crippen LogP contribution >= 0.6 is 0 Å². The van der Waals surface area contributed by atoms with Gasteiger partial charge in [-0.3, -0.25) is 9.59 Å². The summed E-state index contributed by atoms with van der Waals surface area (Å²) in [6.07, 6.45) is 3.50. The fourth-order valence-corrected chi connectivity index (χ4v) is 2.64. The van der Waals surface area contributed by atoms with Crippen LogP contribution in [0.25, 0.3) is 0 Å². The van der Waals surface area contributed by atoms with Crippen LogP contribution in [0.3, 0.4) is 0 Å². The molecule has 0 spiro atoms. The van der Waals surface area contributed by atoms with Crippen molar-refractivity contribution in [1.29, 1.82) is 0 Å². The zero-order chi connectivity index (χ0) is 20.1. The lowest BCUT2D eigenvalue weighted by Crippen LogP contribution is -2.58. The first kappa shape index (κ1) is 22.5. The highest BCUT2D eigenvalue weighted by Gasteiger charge is 2.37. The van der Waals surface area contributed by atoms with Crippen LogP contribution in [0.4, 0.5) is 4.79 Å². The van der Waals surface area contributed by atoms with Crippen molar-refractivity contribution in [2.75, 3.05) is 13.2 Å². The molecule has 0 aliphatic rings. The van der Waals surface area contributed by atoms with Crippen molar-refractivity contribution >= 4 is 17.9 Å². The summed E-state index contributed by atoms with van der Waals surface area (Å²) in [5.74, 6) is -1.15. The molecule has 0 aromatic heterocycles. The molecule has 1 aromatic rings. The summed E-state index contributed by atoms with van der Waals surface area (Å²) in [6.45, 7) is 4.21. The Morgan fingerprint density at radius 3 is 2.44 bits per heavy atom. The van der Waals surface area contributed by atoms with E-state index in [0.717, 1.165) is 31.2 Å². The molecule has 0 aliphatic heterocycles. The lowest BCUT2D eigenvalue weighted by molar-refractivity contribution is -0.131. The summed E-state index contributed by atoms with van der Waals surface area (Å²) >= 11 is 0. The average molecular weight is 377 g/mol. The number of carbonyl (C=O) groups is 3. The van der Waals surface area contributed by atoms with Crippen LogP contribution in [0.1, 0.15) is 51.5 Å². The normalized spacial score (nSPS) is 12.7. The summed E-state index contributed by atoms with van der Waals surface area (Å²) in [7, 11) is 0. The third-order valence-electron chi connectivity index (χ3n) is 4.18. The fraction of sp³-hybridized carbons (Fsp3) is 0.550. The van der Waals surface area contributed by atoms with Gasteiger partial charge in [0, 0.05) is 6.54 Å². The molecule has 0 heterocycles. The Morgan fingerprint density at radius 1 is 1.11 bits per heavy atom. The lowest BCUT2D eigenvalue weighted by Gasteiger charge is -2.28. The van der Waals surface area contributed by atoms with Crippen molar-refractivity contribution < 1.29 is 19.1 Å². The molecule has 7 nitrogen and oxygen atoms in total. The van der Waals surface area contributed by atoms with Crippen LogP contribution in [0.5, 0.6) is 0 Å². The number of nitrogens with two attached hydrogens (primary N) is 1. The Hall–Kier alpha value is -2.57. The molecule has 4 N–H and O–H groups in total. The van der Waals surface area contributed by atoms with Crippen molar-refractivity contribution in [1.82, 2.24) is 10.6 Å². The quantitative estimate of drug-likeness (QED) is 0.485. The molecule has 150 valence electrons. The Morgan fingerprint density at radius 2 is 1.81 bits per heavy atom. The molecule has 0 bridgehead atoms. The number of benzene rings is 1. The Kier molecular flexibility index (Phi) is 9.93. The van der Waals surface area contributed by atoms with Gasteiger partial charge in [-0.2, -0.15) is 0 Å². The minimum atomic E-state index is -1.46. The summed E-state index contributed by atoms with van der Waals surface area (Å²) in [5.41, 5.74) is 4.88. The second-order valence-electron chi connectivity index (χ2n) is 6.79. The number of hydrogen-bond acceptors (Lipinski definition) is 4. The monoisotopic (exact) mass is 377 g/mol. The third kappa shape index (κ3) is 9.08. The van der Waals surface area contributed by atoms with E-state index >= 15 is 0 Å². The lowest BCUT2D eigenvalue weighted by atomic mass is 9.96. The molecule has 0 unspecified atom stereocenters. The maximum atomic E-state index is 12.6. The maximum Gasteiger partial charge on any atom is 0.408 e. The first-order valence-corrected chi connectivity index (χ1v) is 9.43. The molecular weight excluding hydrogens is 346 g/mol. The second-order valence-corrected chi connectivity index (χ2v) is 6.79. The predicted octanol–water partition coefficient (Wildman–Crippen LogP) is 2.29. The van der Waals surface area contributed by atoms with Gasteiger partial charge >= 0.3 is 6.09 Å².